The average molecular weight is 218 g/mol. The molecule has 4 heteroatoms. The highest BCUT2D eigenvalue weighted by molar-refractivity contribution is 6.04. The van der Waals surface area contributed by atoms with Crippen molar-refractivity contribution in [3.8, 4) is 11.8 Å². The molecule has 0 radical (unpaired) electrons. The zero-order valence-electron chi connectivity index (χ0n) is 9.87. The molecule has 1 aromatic carbocycles. The zero-order chi connectivity index (χ0) is 12.3. The fourth-order valence-corrected chi connectivity index (χ4v) is 1.64. The summed E-state index contributed by atoms with van der Waals surface area (Å²) < 4.78 is 5.23. The van der Waals surface area contributed by atoms with Crippen LogP contribution in [0.5, 0.6) is 5.75 Å². The minimum atomic E-state index is -0.580. The number of aryl methyl sites for hydroxylation is 2. The first-order valence-corrected chi connectivity index (χ1v) is 4.84. The minimum absolute atomic E-state index is 0.580. The van der Waals surface area contributed by atoms with Gasteiger partial charge in [0.25, 0.3) is 0 Å². The molecule has 0 N–H and O–H groups in total. The molecule has 0 spiro atoms. The Morgan fingerprint density at radius 3 is 2.25 bits per heavy atom. The van der Waals surface area contributed by atoms with Gasteiger partial charge < -0.3 is 9.64 Å². The molecule has 0 aliphatic carbocycles. The van der Waals surface area contributed by atoms with E-state index in [1.807, 2.05) is 26.0 Å². The molecule has 1 rings (SSSR count). The van der Waals surface area contributed by atoms with Gasteiger partial charge in [-0.05, 0) is 37.1 Å². The summed E-state index contributed by atoms with van der Waals surface area (Å²) in [6.07, 6.45) is 0. The molecule has 0 atom stereocenters. The monoisotopic (exact) mass is 218 g/mol. The van der Waals surface area contributed by atoms with Crippen LogP contribution < -0.4 is 9.64 Å². The number of rotatable bonds is 2. The molecule has 0 aliphatic rings. The van der Waals surface area contributed by atoms with Crippen molar-refractivity contribution in [3.05, 3.63) is 23.3 Å². The summed E-state index contributed by atoms with van der Waals surface area (Å²) in [5, 5.41) is 8.54. The van der Waals surface area contributed by atoms with Crippen molar-refractivity contribution in [1.82, 2.24) is 0 Å². The van der Waals surface area contributed by atoms with Crippen molar-refractivity contribution in [2.75, 3.05) is 19.1 Å². The first-order chi connectivity index (χ1) is 7.51. The van der Waals surface area contributed by atoms with Crippen LogP contribution in [0.4, 0.5) is 5.69 Å². The van der Waals surface area contributed by atoms with Crippen LogP contribution in [-0.2, 0) is 4.79 Å². The lowest BCUT2D eigenvalue weighted by Gasteiger charge is -2.17. The molecule has 0 aliphatic heterocycles. The Labute approximate surface area is 95.0 Å². The second-order valence-corrected chi connectivity index (χ2v) is 3.59. The Balaban J connectivity index is 3.19. The van der Waals surface area contributed by atoms with Gasteiger partial charge in [-0.25, -0.2) is 0 Å². The lowest BCUT2D eigenvalue weighted by atomic mass is 10.1. The number of ether oxygens (including phenoxy) is 1. The summed E-state index contributed by atoms with van der Waals surface area (Å²) in [6.45, 7) is 3.81. The Morgan fingerprint density at radius 2 is 1.88 bits per heavy atom. The zero-order valence-corrected chi connectivity index (χ0v) is 9.87. The van der Waals surface area contributed by atoms with Crippen LogP contribution in [0.2, 0.25) is 0 Å². The number of carbonyl (C=O) groups is 1. The van der Waals surface area contributed by atoms with E-state index in [0.717, 1.165) is 16.9 Å². The Morgan fingerprint density at radius 1 is 1.38 bits per heavy atom. The topological polar surface area (TPSA) is 53.3 Å². The number of hydrogen-bond donors (Lipinski definition) is 0. The van der Waals surface area contributed by atoms with Crippen molar-refractivity contribution >= 4 is 11.6 Å². The second-order valence-electron chi connectivity index (χ2n) is 3.59. The van der Waals surface area contributed by atoms with Crippen molar-refractivity contribution < 1.29 is 9.53 Å². The molecule has 0 aromatic heterocycles. The SMILES string of the molecule is COc1c(C)cc(N(C)C(=O)C#N)cc1C. The molecule has 16 heavy (non-hydrogen) atoms. The smallest absolute Gasteiger partial charge is 0.329 e. The van der Waals surface area contributed by atoms with Crippen LogP contribution in [-0.4, -0.2) is 20.1 Å². The quantitative estimate of drug-likeness (QED) is 0.711. The molecule has 0 saturated carbocycles. The lowest BCUT2D eigenvalue weighted by molar-refractivity contribution is -0.113. The number of methoxy groups -OCH3 is 1. The molecule has 4 nitrogen and oxygen atoms in total. The third-order valence-electron chi connectivity index (χ3n) is 2.44. The van der Waals surface area contributed by atoms with E-state index in [1.165, 1.54) is 4.90 Å². The van der Waals surface area contributed by atoms with Gasteiger partial charge >= 0.3 is 5.91 Å². The number of hydrogen-bond acceptors (Lipinski definition) is 3. The summed E-state index contributed by atoms with van der Waals surface area (Å²) in [7, 11) is 3.19. The molecule has 0 bridgehead atoms. The summed E-state index contributed by atoms with van der Waals surface area (Å²) >= 11 is 0. The first kappa shape index (κ1) is 12.1. The van der Waals surface area contributed by atoms with E-state index >= 15 is 0 Å². The summed E-state index contributed by atoms with van der Waals surface area (Å²) in [6, 6.07) is 5.23. The van der Waals surface area contributed by atoms with Gasteiger partial charge in [0.1, 0.15) is 5.75 Å². The van der Waals surface area contributed by atoms with Gasteiger partial charge in [0, 0.05) is 12.7 Å². The third-order valence-corrected chi connectivity index (χ3v) is 2.44. The van der Waals surface area contributed by atoms with Gasteiger partial charge in [-0.15, -0.1) is 0 Å². The van der Waals surface area contributed by atoms with Crippen molar-refractivity contribution in [1.29, 1.82) is 5.26 Å². The highest BCUT2D eigenvalue weighted by Gasteiger charge is 2.12. The number of anilines is 1. The summed E-state index contributed by atoms with van der Waals surface area (Å²) in [5.41, 5.74) is 2.58. The van der Waals surface area contributed by atoms with Crippen molar-refractivity contribution in [2.45, 2.75) is 13.8 Å². The number of nitrogens with zero attached hydrogens (tertiary/aromatic N) is 2. The van der Waals surface area contributed by atoms with Crippen molar-refractivity contribution in [3.63, 3.8) is 0 Å². The predicted molar refractivity (Wildman–Crippen MR) is 61.5 cm³/mol. The Hall–Kier alpha value is -2.02. The van der Waals surface area contributed by atoms with Crippen LogP contribution in [0.25, 0.3) is 0 Å². The maximum Gasteiger partial charge on any atom is 0.329 e. The Kier molecular flexibility index (Phi) is 3.51. The van der Waals surface area contributed by atoms with Crippen LogP contribution in [0.15, 0.2) is 12.1 Å². The van der Waals surface area contributed by atoms with Gasteiger partial charge in [0.15, 0.2) is 6.07 Å². The fraction of sp³-hybridized carbons (Fsp3) is 0.333. The highest BCUT2D eigenvalue weighted by atomic mass is 16.5. The van der Waals surface area contributed by atoms with E-state index in [0.29, 0.717) is 5.69 Å². The van der Waals surface area contributed by atoms with Gasteiger partial charge in [0.2, 0.25) is 0 Å². The second kappa shape index (κ2) is 4.67. The van der Waals surface area contributed by atoms with E-state index in [9.17, 15) is 4.79 Å². The first-order valence-electron chi connectivity index (χ1n) is 4.84. The molecular formula is C12H14N2O2. The third kappa shape index (κ3) is 2.14. The van der Waals surface area contributed by atoms with E-state index < -0.39 is 5.91 Å². The maximum atomic E-state index is 11.2. The molecule has 84 valence electrons. The van der Waals surface area contributed by atoms with E-state index in [2.05, 4.69) is 0 Å². The maximum absolute atomic E-state index is 11.2. The van der Waals surface area contributed by atoms with Crippen molar-refractivity contribution in [2.24, 2.45) is 0 Å². The molecule has 0 heterocycles. The van der Waals surface area contributed by atoms with Gasteiger partial charge in [-0.1, -0.05) is 0 Å². The van der Waals surface area contributed by atoms with Crippen LogP contribution in [0.1, 0.15) is 11.1 Å². The predicted octanol–water partition coefficient (Wildman–Crippen LogP) is 1.80. The van der Waals surface area contributed by atoms with E-state index in [-0.39, 0.29) is 0 Å². The molecule has 0 fully saturated rings. The largest absolute Gasteiger partial charge is 0.496 e. The van der Waals surface area contributed by atoms with Crippen LogP contribution in [0.3, 0.4) is 0 Å². The number of benzene rings is 1. The van der Waals surface area contributed by atoms with Crippen LogP contribution in [0, 0.1) is 25.2 Å². The molecule has 1 aromatic rings. The molecule has 1 amide bonds. The van der Waals surface area contributed by atoms with E-state index in [1.54, 1.807) is 20.2 Å². The fourth-order valence-electron chi connectivity index (χ4n) is 1.64. The lowest BCUT2D eigenvalue weighted by Crippen LogP contribution is -2.24. The minimum Gasteiger partial charge on any atom is -0.496 e. The van der Waals surface area contributed by atoms with E-state index in [4.69, 9.17) is 10.00 Å². The summed E-state index contributed by atoms with van der Waals surface area (Å²) in [4.78, 5) is 12.5. The molecular weight excluding hydrogens is 204 g/mol. The number of carbonyl (C=O) groups excluding carboxylic acids is 1. The average Bonchev–Trinajstić information content (AvgIpc) is 2.26. The number of amides is 1. The highest BCUT2D eigenvalue weighted by Crippen LogP contribution is 2.28. The number of nitriles is 1. The van der Waals surface area contributed by atoms with Gasteiger partial charge in [-0.2, -0.15) is 5.26 Å². The van der Waals surface area contributed by atoms with Gasteiger partial charge in [0.05, 0.1) is 7.11 Å². The van der Waals surface area contributed by atoms with Gasteiger partial charge in [-0.3, -0.25) is 4.79 Å². The van der Waals surface area contributed by atoms with Crippen LogP contribution >= 0.6 is 0 Å². The normalized spacial score (nSPS) is 9.44. The molecule has 0 unspecified atom stereocenters. The standard InChI is InChI=1S/C12H14N2O2/c1-8-5-10(14(3)11(15)7-13)6-9(2)12(8)16-4/h5-6H,1-4H3. The summed E-state index contributed by atoms with van der Waals surface area (Å²) in [5.74, 6) is 0.227. The molecule has 0 saturated heterocycles. The Bertz CT molecular complexity index is 438.